The van der Waals surface area contributed by atoms with Gasteiger partial charge in [-0.05, 0) is 31.1 Å². The second-order valence-corrected chi connectivity index (χ2v) is 4.73. The minimum absolute atomic E-state index is 0.805. The molecule has 0 aromatic carbocycles. The number of fused-ring (bicyclic) bond motifs is 2. The lowest BCUT2D eigenvalue weighted by molar-refractivity contribution is 0.0913. The number of nitrogens with zero attached hydrogens (tertiary/aromatic N) is 1. The lowest BCUT2D eigenvalue weighted by Crippen LogP contribution is -2.43. The van der Waals surface area contributed by atoms with Crippen LogP contribution in [-0.4, -0.2) is 30.4 Å². The second-order valence-electron chi connectivity index (χ2n) is 4.35. The van der Waals surface area contributed by atoms with Crippen molar-refractivity contribution in [3.63, 3.8) is 0 Å². The molecule has 1 heterocycles. The molecule has 1 saturated heterocycles. The Morgan fingerprint density at radius 3 is 2.42 bits per heavy atom. The summed E-state index contributed by atoms with van der Waals surface area (Å²) in [6.45, 7) is 3.75. The van der Waals surface area contributed by atoms with Gasteiger partial charge in [0.15, 0.2) is 0 Å². The second kappa shape index (κ2) is 3.97. The smallest absolute Gasteiger partial charge is 0.0351 e. The Morgan fingerprint density at radius 1 is 1.17 bits per heavy atom. The lowest BCUT2D eigenvalue weighted by atomic mass is 9.78. The van der Waals surface area contributed by atoms with Gasteiger partial charge in [-0.2, -0.15) is 0 Å². The van der Waals surface area contributed by atoms with Gasteiger partial charge in [0.05, 0.1) is 0 Å². The third-order valence-electron chi connectivity index (χ3n) is 3.32. The van der Waals surface area contributed by atoms with Crippen molar-refractivity contribution in [1.29, 1.82) is 0 Å². The summed E-state index contributed by atoms with van der Waals surface area (Å²) in [6, 6.07) is 0. The summed E-state index contributed by atoms with van der Waals surface area (Å²) in [7, 11) is 0. The molecule has 0 amide bonds. The molecule has 12 heavy (non-hydrogen) atoms. The van der Waals surface area contributed by atoms with Gasteiger partial charge in [0.2, 0.25) is 0 Å². The highest BCUT2D eigenvalue weighted by molar-refractivity contribution is 6.18. The first-order valence-electron chi connectivity index (χ1n) is 5.17. The third kappa shape index (κ3) is 1.94. The molecule has 2 bridgehead atoms. The topological polar surface area (TPSA) is 3.24 Å². The summed E-state index contributed by atoms with van der Waals surface area (Å²) in [6.07, 6.45) is 5.91. The van der Waals surface area contributed by atoms with Crippen molar-refractivity contribution < 1.29 is 0 Å². The number of hydrogen-bond acceptors (Lipinski definition) is 1. The molecule has 0 aromatic rings. The maximum atomic E-state index is 5.75. The molecule has 2 atom stereocenters. The molecule has 2 fully saturated rings. The van der Waals surface area contributed by atoms with Crippen molar-refractivity contribution in [2.45, 2.75) is 25.7 Å². The van der Waals surface area contributed by atoms with E-state index in [9.17, 15) is 0 Å². The van der Waals surface area contributed by atoms with Crippen LogP contribution >= 0.6 is 11.6 Å². The molecule has 0 aromatic heterocycles. The number of halogens is 1. The van der Waals surface area contributed by atoms with Crippen molar-refractivity contribution >= 4 is 11.6 Å². The molecular weight excluding hydrogens is 170 g/mol. The van der Waals surface area contributed by atoms with Gasteiger partial charge in [0.1, 0.15) is 0 Å². The van der Waals surface area contributed by atoms with E-state index in [4.69, 9.17) is 11.6 Å². The van der Waals surface area contributed by atoms with Crippen LogP contribution in [0.5, 0.6) is 0 Å². The minimum atomic E-state index is 0.805. The van der Waals surface area contributed by atoms with E-state index in [-0.39, 0.29) is 0 Å². The highest BCUT2D eigenvalue weighted by Crippen LogP contribution is 2.33. The van der Waals surface area contributed by atoms with Crippen LogP contribution < -0.4 is 0 Å². The summed E-state index contributed by atoms with van der Waals surface area (Å²) < 4.78 is 0. The molecule has 2 heteroatoms. The van der Waals surface area contributed by atoms with Crippen molar-refractivity contribution in [1.82, 2.24) is 4.90 Å². The fourth-order valence-electron chi connectivity index (χ4n) is 2.84. The van der Waals surface area contributed by atoms with E-state index in [1.165, 1.54) is 38.8 Å². The van der Waals surface area contributed by atoms with Gasteiger partial charge < -0.3 is 4.90 Å². The zero-order valence-electron chi connectivity index (χ0n) is 7.64. The van der Waals surface area contributed by atoms with Gasteiger partial charge in [-0.1, -0.05) is 6.42 Å². The highest BCUT2D eigenvalue weighted by Gasteiger charge is 2.29. The van der Waals surface area contributed by atoms with E-state index >= 15 is 0 Å². The van der Waals surface area contributed by atoms with Crippen LogP contribution in [0.15, 0.2) is 0 Å². The van der Waals surface area contributed by atoms with Crippen molar-refractivity contribution in [3.05, 3.63) is 0 Å². The first-order chi connectivity index (χ1) is 5.88. The molecular formula is C10H18ClN. The molecule has 70 valence electrons. The number of piperidine rings is 1. The van der Waals surface area contributed by atoms with E-state index in [1.54, 1.807) is 0 Å². The Hall–Kier alpha value is 0.250. The lowest BCUT2D eigenvalue weighted by Gasteiger charge is -2.41. The first-order valence-corrected chi connectivity index (χ1v) is 5.70. The molecule has 0 radical (unpaired) electrons. The van der Waals surface area contributed by atoms with E-state index in [0.29, 0.717) is 0 Å². The first kappa shape index (κ1) is 8.83. The Bertz CT molecular complexity index is 137. The Labute approximate surface area is 80.1 Å². The van der Waals surface area contributed by atoms with Gasteiger partial charge in [-0.3, -0.25) is 0 Å². The fourth-order valence-corrected chi connectivity index (χ4v) is 3.08. The van der Waals surface area contributed by atoms with Crippen LogP contribution in [-0.2, 0) is 0 Å². The average Bonchev–Trinajstić information content (AvgIpc) is 2.04. The van der Waals surface area contributed by atoms with E-state index in [2.05, 4.69) is 4.90 Å². The fraction of sp³-hybridized carbons (Fsp3) is 1.00. The molecule has 0 N–H and O–H groups in total. The van der Waals surface area contributed by atoms with Crippen LogP contribution in [0.3, 0.4) is 0 Å². The summed E-state index contributed by atoms with van der Waals surface area (Å²) in [4.78, 5) is 2.56. The van der Waals surface area contributed by atoms with Gasteiger partial charge in [0.25, 0.3) is 0 Å². The third-order valence-corrected chi connectivity index (χ3v) is 3.49. The Balaban J connectivity index is 1.87. The predicted molar refractivity (Wildman–Crippen MR) is 52.6 cm³/mol. The van der Waals surface area contributed by atoms with Gasteiger partial charge in [-0.15, -0.1) is 11.6 Å². The largest absolute Gasteiger partial charge is 0.302 e. The van der Waals surface area contributed by atoms with E-state index < -0.39 is 0 Å². The molecule has 2 unspecified atom stereocenters. The monoisotopic (exact) mass is 187 g/mol. The molecule has 1 nitrogen and oxygen atoms in total. The summed E-state index contributed by atoms with van der Waals surface area (Å²) in [5.41, 5.74) is 0. The maximum absolute atomic E-state index is 5.75. The Morgan fingerprint density at radius 2 is 1.83 bits per heavy atom. The zero-order chi connectivity index (χ0) is 8.39. The standard InChI is InChI=1S/C10H18ClN/c11-4-5-12-7-9-2-1-3-10(6-9)8-12/h9-10H,1-8H2. The number of hydrogen-bond donors (Lipinski definition) is 0. The highest BCUT2D eigenvalue weighted by atomic mass is 35.5. The van der Waals surface area contributed by atoms with Gasteiger partial charge in [-0.25, -0.2) is 0 Å². The number of rotatable bonds is 2. The average molecular weight is 188 g/mol. The summed E-state index contributed by atoms with van der Waals surface area (Å²) in [5, 5.41) is 0. The molecule has 1 aliphatic carbocycles. The van der Waals surface area contributed by atoms with E-state index in [1.807, 2.05) is 0 Å². The van der Waals surface area contributed by atoms with Crippen LogP contribution in [0.4, 0.5) is 0 Å². The number of likely N-dealkylation sites (tertiary alicyclic amines) is 1. The quantitative estimate of drug-likeness (QED) is 0.600. The summed E-state index contributed by atoms with van der Waals surface area (Å²) >= 11 is 5.75. The molecule has 0 spiro atoms. The van der Waals surface area contributed by atoms with Crippen molar-refractivity contribution in [2.24, 2.45) is 11.8 Å². The Kier molecular flexibility index (Phi) is 2.92. The van der Waals surface area contributed by atoms with Crippen molar-refractivity contribution in [2.75, 3.05) is 25.5 Å². The summed E-state index contributed by atoms with van der Waals surface area (Å²) in [5.74, 6) is 2.81. The molecule has 2 rings (SSSR count). The normalized spacial score (nSPS) is 36.8. The molecule has 1 saturated carbocycles. The molecule has 1 aliphatic heterocycles. The SMILES string of the molecule is ClCCN1CC2CCCC(C2)C1. The predicted octanol–water partition coefficient (Wildman–Crippen LogP) is 2.35. The van der Waals surface area contributed by atoms with Crippen molar-refractivity contribution in [3.8, 4) is 0 Å². The van der Waals surface area contributed by atoms with Gasteiger partial charge >= 0.3 is 0 Å². The van der Waals surface area contributed by atoms with Crippen LogP contribution in [0.25, 0.3) is 0 Å². The minimum Gasteiger partial charge on any atom is -0.302 e. The number of alkyl halides is 1. The maximum Gasteiger partial charge on any atom is 0.0351 e. The van der Waals surface area contributed by atoms with E-state index in [0.717, 1.165) is 24.3 Å². The van der Waals surface area contributed by atoms with Crippen LogP contribution in [0.1, 0.15) is 25.7 Å². The van der Waals surface area contributed by atoms with Crippen LogP contribution in [0.2, 0.25) is 0 Å². The zero-order valence-corrected chi connectivity index (χ0v) is 8.39. The van der Waals surface area contributed by atoms with Crippen LogP contribution in [0, 0.1) is 11.8 Å². The van der Waals surface area contributed by atoms with Gasteiger partial charge in [0, 0.05) is 25.5 Å². The molecule has 2 aliphatic rings.